The lowest BCUT2D eigenvalue weighted by Gasteiger charge is -2.23. The number of rotatable bonds is 7. The van der Waals surface area contributed by atoms with Gasteiger partial charge in [0, 0.05) is 10.6 Å². The van der Waals surface area contributed by atoms with E-state index in [2.05, 4.69) is 67.6 Å². The number of benzene rings is 4. The summed E-state index contributed by atoms with van der Waals surface area (Å²) >= 11 is 6.73. The molecular formula is C34H27ClN2O. The van der Waals surface area contributed by atoms with Gasteiger partial charge in [0.15, 0.2) is 0 Å². The average Bonchev–Trinajstić information content (AvgIpc) is 2.96. The van der Waals surface area contributed by atoms with E-state index in [1.807, 2.05) is 42.5 Å². The predicted octanol–water partition coefficient (Wildman–Crippen LogP) is 8.76. The van der Waals surface area contributed by atoms with E-state index < -0.39 is 0 Å². The number of fused-ring (bicyclic) bond motifs is 3. The molecule has 0 saturated heterocycles. The molecule has 4 aromatic rings. The Balaban J connectivity index is 1.37. The first-order chi connectivity index (χ1) is 18.6. The van der Waals surface area contributed by atoms with Crippen LogP contribution in [0.1, 0.15) is 47.6 Å². The molecule has 0 N–H and O–H groups in total. The molecule has 1 unspecified atom stereocenters. The third-order valence-corrected chi connectivity index (χ3v) is 7.48. The summed E-state index contributed by atoms with van der Waals surface area (Å²) in [6.45, 7) is 2.57. The highest BCUT2D eigenvalue weighted by atomic mass is 35.5. The van der Waals surface area contributed by atoms with Gasteiger partial charge in [0.25, 0.3) is 0 Å². The SMILES string of the molecule is CC(CCC(C#N)Cc1cc2c(cc1Cl)-c1ccc(C#N)cc1CO2)=C(c1ccccc1)c1ccccc1. The molecule has 4 aromatic carbocycles. The largest absolute Gasteiger partial charge is 0.488 e. The van der Waals surface area contributed by atoms with Gasteiger partial charge in [0.1, 0.15) is 12.4 Å². The molecule has 1 atom stereocenters. The lowest BCUT2D eigenvalue weighted by molar-refractivity contribution is 0.302. The van der Waals surface area contributed by atoms with Crippen molar-refractivity contribution in [1.29, 1.82) is 10.5 Å². The lowest BCUT2D eigenvalue weighted by atomic mass is 9.88. The third kappa shape index (κ3) is 5.35. The highest BCUT2D eigenvalue weighted by Crippen LogP contribution is 2.41. The van der Waals surface area contributed by atoms with Crippen LogP contribution in [0.5, 0.6) is 5.75 Å². The molecule has 5 rings (SSSR count). The fraction of sp³-hybridized carbons (Fsp3) is 0.176. The molecule has 4 heteroatoms. The maximum Gasteiger partial charge on any atom is 0.128 e. The molecule has 1 aliphatic heterocycles. The van der Waals surface area contributed by atoms with Crippen LogP contribution in [0.25, 0.3) is 16.7 Å². The minimum absolute atomic E-state index is 0.178. The van der Waals surface area contributed by atoms with Crippen LogP contribution in [-0.4, -0.2) is 0 Å². The second-order valence-corrected chi connectivity index (χ2v) is 10.1. The molecule has 0 fully saturated rings. The molecule has 0 saturated carbocycles. The summed E-state index contributed by atoms with van der Waals surface area (Å²) in [6, 6.07) is 35.1. The second kappa shape index (κ2) is 11.4. The van der Waals surface area contributed by atoms with Gasteiger partial charge in [0.2, 0.25) is 0 Å². The standard InChI is InChI=1S/C34H27ClN2O/c1-23(34(26-8-4-2-5-9-26)27-10-6-3-7-11-27)12-13-24(20-36)16-28-18-33-31(19-32(28)35)30-15-14-25(21-37)17-29(30)22-38-33/h2-11,14-15,17-19,24H,12-13,16,22H2,1H3. The van der Waals surface area contributed by atoms with Gasteiger partial charge < -0.3 is 4.74 Å². The molecule has 0 spiro atoms. The van der Waals surface area contributed by atoms with Crippen molar-refractivity contribution in [2.45, 2.75) is 32.8 Å². The Morgan fingerprint density at radius 1 is 0.895 bits per heavy atom. The first-order valence-electron chi connectivity index (χ1n) is 12.8. The molecule has 1 heterocycles. The van der Waals surface area contributed by atoms with Crippen molar-refractivity contribution in [3.05, 3.63) is 129 Å². The molecule has 1 aliphatic rings. The monoisotopic (exact) mass is 514 g/mol. The topological polar surface area (TPSA) is 56.8 Å². The summed E-state index contributed by atoms with van der Waals surface area (Å²) in [4.78, 5) is 0. The van der Waals surface area contributed by atoms with Crippen molar-refractivity contribution in [2.75, 3.05) is 0 Å². The normalized spacial score (nSPS) is 12.2. The zero-order valence-electron chi connectivity index (χ0n) is 21.2. The number of hydrogen-bond donors (Lipinski definition) is 0. The van der Waals surface area contributed by atoms with E-state index in [4.69, 9.17) is 16.3 Å². The quantitative estimate of drug-likeness (QED) is 0.247. The summed E-state index contributed by atoms with van der Waals surface area (Å²) in [6.07, 6.45) is 2.11. The van der Waals surface area contributed by atoms with Crippen LogP contribution in [0.2, 0.25) is 5.02 Å². The number of hydrogen-bond acceptors (Lipinski definition) is 3. The van der Waals surface area contributed by atoms with Gasteiger partial charge >= 0.3 is 0 Å². The van der Waals surface area contributed by atoms with Crippen LogP contribution in [0.3, 0.4) is 0 Å². The molecule has 38 heavy (non-hydrogen) atoms. The van der Waals surface area contributed by atoms with Crippen LogP contribution in [0.4, 0.5) is 0 Å². The van der Waals surface area contributed by atoms with Crippen LogP contribution >= 0.6 is 11.6 Å². The lowest BCUT2D eigenvalue weighted by Crippen LogP contribution is -2.08. The van der Waals surface area contributed by atoms with E-state index in [9.17, 15) is 10.5 Å². The van der Waals surface area contributed by atoms with Crippen molar-refractivity contribution in [3.63, 3.8) is 0 Å². The molecule has 0 bridgehead atoms. The summed E-state index contributed by atoms with van der Waals surface area (Å²) in [5.41, 5.74) is 9.31. The molecule has 186 valence electrons. The van der Waals surface area contributed by atoms with E-state index in [1.165, 1.54) is 22.3 Å². The van der Waals surface area contributed by atoms with Crippen LogP contribution in [0, 0.1) is 28.6 Å². The molecule has 0 radical (unpaired) electrons. The Bertz CT molecular complexity index is 1540. The van der Waals surface area contributed by atoms with Crippen molar-refractivity contribution in [1.82, 2.24) is 0 Å². The summed E-state index contributed by atoms with van der Waals surface area (Å²) in [5.74, 6) is 0.590. The predicted molar refractivity (Wildman–Crippen MR) is 153 cm³/mol. The van der Waals surface area contributed by atoms with Gasteiger partial charge in [-0.1, -0.05) is 83.9 Å². The number of halogens is 1. The maximum atomic E-state index is 10.0. The van der Waals surface area contributed by atoms with Gasteiger partial charge in [-0.3, -0.25) is 0 Å². The zero-order valence-corrected chi connectivity index (χ0v) is 22.0. The van der Waals surface area contributed by atoms with Crippen molar-refractivity contribution < 1.29 is 4.74 Å². The number of nitrogens with zero attached hydrogens (tertiary/aromatic N) is 2. The van der Waals surface area contributed by atoms with Gasteiger partial charge in [0.05, 0.1) is 23.6 Å². The van der Waals surface area contributed by atoms with Gasteiger partial charge in [-0.15, -0.1) is 0 Å². The van der Waals surface area contributed by atoms with Gasteiger partial charge in [-0.2, -0.15) is 10.5 Å². The Morgan fingerprint density at radius 3 is 2.21 bits per heavy atom. The minimum atomic E-state index is -0.178. The van der Waals surface area contributed by atoms with Gasteiger partial charge in [-0.05, 0) is 83.8 Å². The maximum absolute atomic E-state index is 10.0. The Morgan fingerprint density at radius 2 is 1.58 bits per heavy atom. The first-order valence-corrected chi connectivity index (χ1v) is 13.1. The number of ether oxygens (including phenoxy) is 1. The molecule has 3 nitrogen and oxygen atoms in total. The Hall–Kier alpha value is -4.31. The number of nitriles is 2. The summed E-state index contributed by atoms with van der Waals surface area (Å²) in [5, 5.41) is 19.9. The minimum Gasteiger partial charge on any atom is -0.488 e. The summed E-state index contributed by atoms with van der Waals surface area (Å²) < 4.78 is 6.03. The molecule has 0 aliphatic carbocycles. The first kappa shape index (κ1) is 25.3. The fourth-order valence-corrected chi connectivity index (χ4v) is 5.39. The van der Waals surface area contributed by atoms with Gasteiger partial charge in [-0.25, -0.2) is 0 Å². The van der Waals surface area contributed by atoms with Crippen molar-refractivity contribution in [3.8, 4) is 29.0 Å². The molecule has 0 aromatic heterocycles. The number of allylic oxidation sites excluding steroid dienone is 1. The van der Waals surface area contributed by atoms with Crippen molar-refractivity contribution >= 4 is 17.2 Å². The van der Waals surface area contributed by atoms with Crippen molar-refractivity contribution in [2.24, 2.45) is 5.92 Å². The molecular weight excluding hydrogens is 488 g/mol. The highest BCUT2D eigenvalue weighted by Gasteiger charge is 2.21. The zero-order chi connectivity index (χ0) is 26.5. The Kier molecular flexibility index (Phi) is 7.60. The highest BCUT2D eigenvalue weighted by molar-refractivity contribution is 6.31. The van der Waals surface area contributed by atoms with Crippen LogP contribution < -0.4 is 4.74 Å². The fourth-order valence-electron chi connectivity index (χ4n) is 5.15. The molecule has 0 amide bonds. The van der Waals surface area contributed by atoms with E-state index in [1.54, 1.807) is 0 Å². The van der Waals surface area contributed by atoms with Crippen LogP contribution in [0.15, 0.2) is 96.6 Å². The van der Waals surface area contributed by atoms with Crippen LogP contribution in [-0.2, 0) is 13.0 Å². The second-order valence-electron chi connectivity index (χ2n) is 9.67. The summed E-state index contributed by atoms with van der Waals surface area (Å²) in [7, 11) is 0. The van der Waals surface area contributed by atoms with E-state index in [0.717, 1.165) is 40.8 Å². The third-order valence-electron chi connectivity index (χ3n) is 7.12. The van der Waals surface area contributed by atoms with E-state index >= 15 is 0 Å². The van der Waals surface area contributed by atoms with E-state index in [-0.39, 0.29) is 5.92 Å². The average molecular weight is 515 g/mol. The van der Waals surface area contributed by atoms with E-state index in [0.29, 0.717) is 23.6 Å². The Labute approximate surface area is 229 Å². The smallest absolute Gasteiger partial charge is 0.128 e.